The van der Waals surface area contributed by atoms with E-state index >= 15 is 0 Å². The quantitative estimate of drug-likeness (QED) is 0.856. The number of carbonyl (C=O) groups is 1. The van der Waals surface area contributed by atoms with E-state index in [4.69, 9.17) is 16.3 Å². The highest BCUT2D eigenvalue weighted by Gasteiger charge is 2.20. The highest BCUT2D eigenvalue weighted by Crippen LogP contribution is 2.16. The van der Waals surface area contributed by atoms with Gasteiger partial charge >= 0.3 is 0 Å². The van der Waals surface area contributed by atoms with Gasteiger partial charge in [0.25, 0.3) is 0 Å². The number of amides is 1. The van der Waals surface area contributed by atoms with Crippen LogP contribution in [0.15, 0.2) is 24.3 Å². The van der Waals surface area contributed by atoms with Crippen LogP contribution >= 0.6 is 23.4 Å². The molecule has 0 spiro atoms. The van der Waals surface area contributed by atoms with Gasteiger partial charge in [-0.2, -0.15) is 0 Å². The van der Waals surface area contributed by atoms with Crippen LogP contribution in [0.25, 0.3) is 0 Å². The Morgan fingerprint density at radius 1 is 1.47 bits per heavy atom. The predicted molar refractivity (Wildman–Crippen MR) is 79.6 cm³/mol. The smallest absolute Gasteiger partial charge is 0.232 e. The van der Waals surface area contributed by atoms with Crippen molar-refractivity contribution in [2.24, 2.45) is 0 Å². The molecule has 1 aliphatic rings. The number of rotatable bonds is 4. The monoisotopic (exact) mass is 299 g/mol. The Morgan fingerprint density at radius 3 is 2.89 bits per heavy atom. The van der Waals surface area contributed by atoms with Gasteiger partial charge in [-0.05, 0) is 24.6 Å². The Balaban J connectivity index is 1.73. The summed E-state index contributed by atoms with van der Waals surface area (Å²) in [6.07, 6.45) is 0.152. The van der Waals surface area contributed by atoms with E-state index in [1.165, 1.54) is 5.56 Å². The molecule has 1 heterocycles. The lowest BCUT2D eigenvalue weighted by Gasteiger charge is -2.31. The largest absolute Gasteiger partial charge is 0.375 e. The number of morpholine rings is 1. The van der Waals surface area contributed by atoms with E-state index in [2.05, 4.69) is 0 Å². The van der Waals surface area contributed by atoms with Crippen LogP contribution in [0.1, 0.15) is 12.5 Å². The second-order valence-corrected chi connectivity index (χ2v) is 6.06. The van der Waals surface area contributed by atoms with Crippen molar-refractivity contribution >= 4 is 29.3 Å². The average molecular weight is 300 g/mol. The Labute approximate surface area is 123 Å². The lowest BCUT2D eigenvalue weighted by Crippen LogP contribution is -2.45. The maximum atomic E-state index is 12.0. The van der Waals surface area contributed by atoms with Gasteiger partial charge < -0.3 is 9.64 Å². The number of carbonyl (C=O) groups excluding carboxylic acids is 1. The van der Waals surface area contributed by atoms with Crippen LogP contribution in [0.3, 0.4) is 0 Å². The lowest BCUT2D eigenvalue weighted by molar-refractivity contribution is -0.135. The van der Waals surface area contributed by atoms with Crippen LogP contribution in [0, 0.1) is 0 Å². The molecule has 1 fully saturated rings. The minimum atomic E-state index is 0.152. The van der Waals surface area contributed by atoms with Gasteiger partial charge in [0, 0.05) is 23.9 Å². The van der Waals surface area contributed by atoms with Crippen molar-refractivity contribution in [1.29, 1.82) is 0 Å². The summed E-state index contributed by atoms with van der Waals surface area (Å²) in [5, 5.41) is 0.743. The first-order valence-corrected chi connectivity index (χ1v) is 7.90. The number of hydrogen-bond acceptors (Lipinski definition) is 3. The molecule has 0 bridgehead atoms. The first-order chi connectivity index (χ1) is 9.15. The van der Waals surface area contributed by atoms with E-state index in [1.54, 1.807) is 11.8 Å². The molecule has 104 valence electrons. The van der Waals surface area contributed by atoms with Crippen molar-refractivity contribution in [2.45, 2.75) is 18.8 Å². The highest BCUT2D eigenvalue weighted by atomic mass is 35.5. The maximum Gasteiger partial charge on any atom is 0.232 e. The van der Waals surface area contributed by atoms with Gasteiger partial charge in [0.05, 0.1) is 18.5 Å². The summed E-state index contributed by atoms with van der Waals surface area (Å²) in [6, 6.07) is 7.75. The van der Waals surface area contributed by atoms with Crippen LogP contribution in [0.5, 0.6) is 0 Å². The van der Waals surface area contributed by atoms with Gasteiger partial charge in [0.2, 0.25) is 5.91 Å². The van der Waals surface area contributed by atoms with Crippen LogP contribution in [-0.2, 0) is 15.3 Å². The van der Waals surface area contributed by atoms with E-state index in [-0.39, 0.29) is 12.0 Å². The molecular formula is C14H18ClNO2S. The van der Waals surface area contributed by atoms with E-state index < -0.39 is 0 Å². The second-order valence-electron chi connectivity index (χ2n) is 4.64. The molecule has 1 aromatic carbocycles. The third kappa shape index (κ3) is 4.71. The van der Waals surface area contributed by atoms with Gasteiger partial charge in [0.15, 0.2) is 0 Å². The third-order valence-corrected chi connectivity index (χ3v) is 4.24. The highest BCUT2D eigenvalue weighted by molar-refractivity contribution is 7.99. The molecule has 0 saturated carbocycles. The molecule has 1 amide bonds. The second kappa shape index (κ2) is 7.17. The zero-order valence-corrected chi connectivity index (χ0v) is 12.5. The molecule has 0 aliphatic carbocycles. The molecule has 0 radical (unpaired) electrons. The predicted octanol–water partition coefficient (Wildman–Crippen LogP) is 2.82. The van der Waals surface area contributed by atoms with Gasteiger partial charge in [-0.1, -0.05) is 23.7 Å². The number of ether oxygens (including phenoxy) is 1. The van der Waals surface area contributed by atoms with Crippen molar-refractivity contribution in [1.82, 2.24) is 4.90 Å². The Bertz CT molecular complexity index is 424. The average Bonchev–Trinajstić information content (AvgIpc) is 2.41. The Morgan fingerprint density at radius 2 is 2.21 bits per heavy atom. The summed E-state index contributed by atoms with van der Waals surface area (Å²) in [6.45, 7) is 4.07. The van der Waals surface area contributed by atoms with E-state index in [9.17, 15) is 4.79 Å². The fourth-order valence-corrected chi connectivity index (χ4v) is 2.99. The van der Waals surface area contributed by atoms with Crippen molar-refractivity contribution in [3.63, 3.8) is 0 Å². The molecule has 0 aromatic heterocycles. The summed E-state index contributed by atoms with van der Waals surface area (Å²) in [5.74, 6) is 1.56. The Kier molecular flexibility index (Phi) is 5.55. The number of thioether (sulfide) groups is 1. The topological polar surface area (TPSA) is 29.5 Å². The zero-order valence-electron chi connectivity index (χ0n) is 11.0. The number of nitrogens with zero attached hydrogens (tertiary/aromatic N) is 1. The van der Waals surface area contributed by atoms with E-state index in [1.807, 2.05) is 36.1 Å². The van der Waals surface area contributed by atoms with Crippen LogP contribution in [0.2, 0.25) is 5.02 Å². The molecule has 1 unspecified atom stereocenters. The van der Waals surface area contributed by atoms with E-state index in [0.29, 0.717) is 25.4 Å². The number of benzene rings is 1. The van der Waals surface area contributed by atoms with Gasteiger partial charge in [-0.15, -0.1) is 11.8 Å². The lowest BCUT2D eigenvalue weighted by atomic mass is 10.2. The minimum Gasteiger partial charge on any atom is -0.375 e. The van der Waals surface area contributed by atoms with Crippen LogP contribution in [0.4, 0.5) is 0 Å². The Hall–Kier alpha value is -0.710. The first kappa shape index (κ1) is 14.7. The molecule has 1 atom stereocenters. The molecular weight excluding hydrogens is 282 g/mol. The van der Waals surface area contributed by atoms with E-state index in [0.717, 1.165) is 10.8 Å². The first-order valence-electron chi connectivity index (χ1n) is 6.36. The third-order valence-electron chi connectivity index (χ3n) is 3.00. The van der Waals surface area contributed by atoms with Gasteiger partial charge in [-0.25, -0.2) is 0 Å². The summed E-state index contributed by atoms with van der Waals surface area (Å²) in [4.78, 5) is 13.9. The fraction of sp³-hybridized carbons (Fsp3) is 0.500. The minimum absolute atomic E-state index is 0.152. The molecule has 2 rings (SSSR count). The summed E-state index contributed by atoms with van der Waals surface area (Å²) in [5.41, 5.74) is 1.19. The van der Waals surface area contributed by atoms with Crippen molar-refractivity contribution < 1.29 is 9.53 Å². The number of hydrogen-bond donors (Lipinski definition) is 0. The molecule has 1 aromatic rings. The molecule has 1 aliphatic heterocycles. The van der Waals surface area contributed by atoms with Gasteiger partial charge in [0.1, 0.15) is 0 Å². The van der Waals surface area contributed by atoms with Gasteiger partial charge in [-0.3, -0.25) is 4.79 Å². The molecule has 0 N–H and O–H groups in total. The van der Waals surface area contributed by atoms with Crippen LogP contribution < -0.4 is 0 Å². The fourth-order valence-electron chi connectivity index (χ4n) is 1.97. The van der Waals surface area contributed by atoms with Crippen LogP contribution in [-0.4, -0.2) is 42.4 Å². The molecule has 5 heteroatoms. The van der Waals surface area contributed by atoms with Crippen molar-refractivity contribution in [3.8, 4) is 0 Å². The summed E-state index contributed by atoms with van der Waals surface area (Å²) >= 11 is 7.47. The zero-order chi connectivity index (χ0) is 13.7. The van der Waals surface area contributed by atoms with Crippen molar-refractivity contribution in [3.05, 3.63) is 34.9 Å². The molecule has 1 saturated heterocycles. The van der Waals surface area contributed by atoms with Crippen molar-refractivity contribution in [2.75, 3.05) is 25.4 Å². The standard InChI is InChI=1S/C14H18ClNO2S/c1-11-8-16(6-7-18-11)14(17)10-19-9-12-2-4-13(15)5-3-12/h2-5,11H,6-10H2,1H3. The maximum absolute atomic E-state index is 12.0. The molecule has 19 heavy (non-hydrogen) atoms. The normalized spacial score (nSPS) is 19.5. The molecule has 3 nitrogen and oxygen atoms in total. The summed E-state index contributed by atoms with van der Waals surface area (Å²) in [7, 11) is 0. The number of halogens is 1. The SMILES string of the molecule is CC1CN(C(=O)CSCc2ccc(Cl)cc2)CCO1. The summed E-state index contributed by atoms with van der Waals surface area (Å²) < 4.78 is 5.43.